The molecular weight excluding hydrogens is 224 g/mol. The number of aryl methyl sites for hydroxylation is 1. The summed E-state index contributed by atoms with van der Waals surface area (Å²) < 4.78 is 5.92. The van der Waals surface area contributed by atoms with Gasteiger partial charge in [-0.2, -0.15) is 0 Å². The zero-order chi connectivity index (χ0) is 11.1. The molecule has 0 bridgehead atoms. The second-order valence-corrected chi connectivity index (χ2v) is 4.65. The van der Waals surface area contributed by atoms with Gasteiger partial charge >= 0.3 is 0 Å². The van der Waals surface area contributed by atoms with E-state index in [1.54, 1.807) is 0 Å². The van der Waals surface area contributed by atoms with E-state index in [0.29, 0.717) is 0 Å². The normalized spacial score (nSPS) is 22.4. The quantitative estimate of drug-likeness (QED) is 0.809. The van der Waals surface area contributed by atoms with E-state index in [-0.39, 0.29) is 6.10 Å². The van der Waals surface area contributed by atoms with Crippen LogP contribution in [0.3, 0.4) is 0 Å². The van der Waals surface area contributed by atoms with E-state index in [2.05, 4.69) is 10.3 Å². The highest BCUT2D eigenvalue weighted by Gasteiger charge is 2.29. The molecule has 0 amide bonds. The van der Waals surface area contributed by atoms with Crippen molar-refractivity contribution in [3.05, 3.63) is 28.3 Å². The first-order valence-corrected chi connectivity index (χ1v) is 5.86. The lowest BCUT2D eigenvalue weighted by molar-refractivity contribution is 0.296. The van der Waals surface area contributed by atoms with Crippen LogP contribution in [0, 0.1) is 6.92 Å². The highest BCUT2D eigenvalue weighted by molar-refractivity contribution is 6.30. The highest BCUT2D eigenvalue weighted by Crippen LogP contribution is 2.35. The lowest BCUT2D eigenvalue weighted by Gasteiger charge is -2.11. The zero-order valence-corrected chi connectivity index (χ0v) is 9.84. The van der Waals surface area contributed by atoms with Gasteiger partial charge in [-0.3, -0.25) is 4.99 Å². The van der Waals surface area contributed by atoms with Crippen molar-refractivity contribution in [3.8, 4) is 5.75 Å². The van der Waals surface area contributed by atoms with E-state index >= 15 is 0 Å². The number of halogens is 1. The Balaban J connectivity index is 1.91. The van der Waals surface area contributed by atoms with Crippen molar-refractivity contribution in [2.75, 3.05) is 13.1 Å². The Morgan fingerprint density at radius 2 is 2.38 bits per heavy atom. The molecule has 0 aliphatic carbocycles. The van der Waals surface area contributed by atoms with E-state index in [1.807, 2.05) is 19.1 Å². The fourth-order valence-electron chi connectivity index (χ4n) is 2.29. The minimum absolute atomic E-state index is 0.0506. The van der Waals surface area contributed by atoms with Crippen LogP contribution < -0.4 is 10.1 Å². The number of nitrogens with one attached hydrogen (secondary N) is 1. The van der Waals surface area contributed by atoms with Crippen molar-refractivity contribution < 1.29 is 4.74 Å². The van der Waals surface area contributed by atoms with Crippen LogP contribution >= 0.6 is 11.6 Å². The first-order chi connectivity index (χ1) is 7.74. The average molecular weight is 237 g/mol. The molecule has 0 aromatic heterocycles. The second-order valence-electron chi connectivity index (χ2n) is 4.22. The molecule has 1 aromatic carbocycles. The van der Waals surface area contributed by atoms with Crippen molar-refractivity contribution in [2.45, 2.75) is 19.4 Å². The van der Waals surface area contributed by atoms with E-state index in [0.717, 1.165) is 41.7 Å². The van der Waals surface area contributed by atoms with Crippen molar-refractivity contribution in [3.63, 3.8) is 0 Å². The number of hydrogen-bond acceptors (Lipinski definition) is 3. The van der Waals surface area contributed by atoms with Crippen LogP contribution in [0.15, 0.2) is 17.1 Å². The summed E-state index contributed by atoms with van der Waals surface area (Å²) in [5, 5.41) is 4.04. The number of fused-ring (bicyclic) bond motifs is 1. The molecule has 2 aliphatic heterocycles. The van der Waals surface area contributed by atoms with E-state index in [9.17, 15) is 0 Å². The molecular formula is C12H13ClN2O. The van der Waals surface area contributed by atoms with Gasteiger partial charge in [-0.1, -0.05) is 11.6 Å². The van der Waals surface area contributed by atoms with Gasteiger partial charge in [-0.15, -0.1) is 0 Å². The minimum atomic E-state index is 0.0506. The Bertz CT molecular complexity index is 470. The maximum Gasteiger partial charge on any atom is 0.159 e. The van der Waals surface area contributed by atoms with Gasteiger partial charge < -0.3 is 10.1 Å². The number of benzene rings is 1. The molecule has 0 saturated heterocycles. The molecule has 2 aliphatic rings. The number of ether oxygens (including phenoxy) is 1. The van der Waals surface area contributed by atoms with Crippen molar-refractivity contribution in [2.24, 2.45) is 4.99 Å². The van der Waals surface area contributed by atoms with Gasteiger partial charge in [-0.25, -0.2) is 0 Å². The summed E-state index contributed by atoms with van der Waals surface area (Å²) in [5.74, 6) is 1.96. The first kappa shape index (κ1) is 9.97. The third-order valence-corrected chi connectivity index (χ3v) is 3.21. The minimum Gasteiger partial charge on any atom is -0.482 e. The van der Waals surface area contributed by atoms with Crippen LogP contribution in [0.2, 0.25) is 5.02 Å². The predicted octanol–water partition coefficient (Wildman–Crippen LogP) is 1.95. The van der Waals surface area contributed by atoms with Gasteiger partial charge in [0.1, 0.15) is 11.6 Å². The summed E-state index contributed by atoms with van der Waals surface area (Å²) in [7, 11) is 0. The molecule has 4 heteroatoms. The molecule has 0 fully saturated rings. The van der Waals surface area contributed by atoms with Gasteiger partial charge in [-0.05, 0) is 24.6 Å². The largest absolute Gasteiger partial charge is 0.482 e. The fraction of sp³-hybridized carbons (Fsp3) is 0.417. The molecule has 1 N–H and O–H groups in total. The molecule has 1 unspecified atom stereocenters. The van der Waals surface area contributed by atoms with E-state index in [1.165, 1.54) is 5.56 Å². The molecule has 3 nitrogen and oxygen atoms in total. The maximum atomic E-state index is 6.03. The fourth-order valence-corrected chi connectivity index (χ4v) is 2.58. The SMILES string of the molecule is Cc1cc(Cl)cc2c1OC(C1=NCCN1)C2. The number of nitrogens with zero attached hydrogens (tertiary/aromatic N) is 1. The Kier molecular flexibility index (Phi) is 2.28. The second kappa shape index (κ2) is 3.67. The maximum absolute atomic E-state index is 6.03. The third kappa shape index (κ3) is 1.55. The Morgan fingerprint density at radius 1 is 1.50 bits per heavy atom. The first-order valence-electron chi connectivity index (χ1n) is 5.48. The predicted molar refractivity (Wildman–Crippen MR) is 64.6 cm³/mol. The lowest BCUT2D eigenvalue weighted by Crippen LogP contribution is -2.34. The molecule has 2 heterocycles. The van der Waals surface area contributed by atoms with Gasteiger partial charge in [0.05, 0.1) is 6.54 Å². The number of amidine groups is 1. The van der Waals surface area contributed by atoms with Crippen LogP contribution in [-0.2, 0) is 6.42 Å². The zero-order valence-electron chi connectivity index (χ0n) is 9.09. The van der Waals surface area contributed by atoms with Crippen molar-refractivity contribution in [1.82, 2.24) is 5.32 Å². The summed E-state index contributed by atoms with van der Waals surface area (Å²) in [6.45, 7) is 3.80. The van der Waals surface area contributed by atoms with E-state index < -0.39 is 0 Å². The summed E-state index contributed by atoms with van der Waals surface area (Å²) in [5.41, 5.74) is 2.29. The molecule has 1 atom stereocenters. The lowest BCUT2D eigenvalue weighted by atomic mass is 10.1. The summed E-state index contributed by atoms with van der Waals surface area (Å²) >= 11 is 6.03. The average Bonchev–Trinajstić information content (AvgIpc) is 2.82. The topological polar surface area (TPSA) is 33.6 Å². The van der Waals surface area contributed by atoms with Crippen LogP contribution in [0.4, 0.5) is 0 Å². The van der Waals surface area contributed by atoms with Crippen LogP contribution in [0.1, 0.15) is 11.1 Å². The molecule has 0 saturated carbocycles. The smallest absolute Gasteiger partial charge is 0.159 e. The van der Waals surface area contributed by atoms with Crippen molar-refractivity contribution >= 4 is 17.4 Å². The van der Waals surface area contributed by atoms with Crippen LogP contribution in [-0.4, -0.2) is 25.0 Å². The molecule has 16 heavy (non-hydrogen) atoms. The standard InChI is InChI=1S/C12H13ClN2O/c1-7-4-9(13)5-8-6-10(16-11(7)8)12-14-2-3-15-12/h4-5,10H,2-3,6H2,1H3,(H,14,15). The van der Waals surface area contributed by atoms with Gasteiger partial charge in [0, 0.05) is 23.6 Å². The Morgan fingerprint density at radius 3 is 3.12 bits per heavy atom. The number of hydrogen-bond donors (Lipinski definition) is 1. The monoisotopic (exact) mass is 236 g/mol. The van der Waals surface area contributed by atoms with Crippen LogP contribution in [0.5, 0.6) is 5.75 Å². The molecule has 1 aromatic rings. The number of aliphatic imine (C=N–C) groups is 1. The van der Waals surface area contributed by atoms with Gasteiger partial charge in [0.2, 0.25) is 0 Å². The summed E-state index contributed by atoms with van der Waals surface area (Å²) in [6.07, 6.45) is 0.914. The molecule has 0 spiro atoms. The number of rotatable bonds is 1. The summed E-state index contributed by atoms with van der Waals surface area (Å²) in [6, 6.07) is 3.92. The van der Waals surface area contributed by atoms with Gasteiger partial charge in [0.15, 0.2) is 6.10 Å². The van der Waals surface area contributed by atoms with Crippen molar-refractivity contribution in [1.29, 1.82) is 0 Å². The summed E-state index contributed by atoms with van der Waals surface area (Å²) in [4.78, 5) is 4.40. The molecule has 0 radical (unpaired) electrons. The Labute approximate surface area is 99.5 Å². The third-order valence-electron chi connectivity index (χ3n) is 2.99. The molecule has 3 rings (SSSR count). The molecule has 84 valence electrons. The van der Waals surface area contributed by atoms with Crippen LogP contribution in [0.25, 0.3) is 0 Å². The van der Waals surface area contributed by atoms with Gasteiger partial charge in [0.25, 0.3) is 0 Å². The Hall–Kier alpha value is -1.22. The highest BCUT2D eigenvalue weighted by atomic mass is 35.5. The van der Waals surface area contributed by atoms with E-state index in [4.69, 9.17) is 16.3 Å².